The van der Waals surface area contributed by atoms with Crippen LogP contribution in [0.25, 0.3) is 10.8 Å². The summed E-state index contributed by atoms with van der Waals surface area (Å²) in [4.78, 5) is 4.38. The number of pyridine rings is 1. The summed E-state index contributed by atoms with van der Waals surface area (Å²) < 4.78 is 13.2. The first-order valence-corrected chi connectivity index (χ1v) is 14.6. The molecule has 2 spiro atoms. The van der Waals surface area contributed by atoms with Gasteiger partial charge in [0.15, 0.2) is 0 Å². The Kier molecular flexibility index (Phi) is 4.80. The van der Waals surface area contributed by atoms with Gasteiger partial charge in [-0.15, -0.1) is 0 Å². The second-order valence-corrected chi connectivity index (χ2v) is 13.1. The first-order valence-electron chi connectivity index (χ1n) is 14.6. The molecule has 0 amide bonds. The minimum absolute atomic E-state index is 0.156. The first kappa shape index (κ1) is 22.9. The summed E-state index contributed by atoms with van der Waals surface area (Å²) in [6.45, 7) is 5.28. The predicted molar refractivity (Wildman–Crippen MR) is 142 cm³/mol. The van der Waals surface area contributed by atoms with Crippen LogP contribution in [0.1, 0.15) is 69.8 Å². The highest BCUT2D eigenvalue weighted by molar-refractivity contribution is 5.82. The number of quaternary nitrogens is 1. The number of benzene rings is 1. The van der Waals surface area contributed by atoms with Crippen molar-refractivity contribution in [2.24, 2.45) is 11.3 Å². The molecule has 6 aliphatic rings. The second-order valence-electron chi connectivity index (χ2n) is 13.1. The lowest BCUT2D eigenvalue weighted by molar-refractivity contribution is -1.12. The van der Waals surface area contributed by atoms with E-state index >= 15 is 0 Å². The second kappa shape index (κ2) is 7.75. The van der Waals surface area contributed by atoms with Crippen molar-refractivity contribution < 1.29 is 19.3 Å². The summed E-state index contributed by atoms with van der Waals surface area (Å²) in [5.41, 5.74) is 4.30. The van der Waals surface area contributed by atoms with E-state index in [2.05, 4.69) is 48.3 Å². The number of morpholine rings is 1. The fourth-order valence-corrected chi connectivity index (χ4v) is 9.68. The summed E-state index contributed by atoms with van der Waals surface area (Å²) >= 11 is 0. The SMILES string of the molecule is C[C@]12CC=C3C=C4CC[C@H]([N+]5(O)CCOCC5)C[C@]45CC[C@]3(O5)[C@@H]1CC[C@@H]2c1ccc2ccncc2c1. The first-order chi connectivity index (χ1) is 17.9. The fraction of sp³-hybridized carbons (Fsp3) is 0.594. The van der Waals surface area contributed by atoms with Gasteiger partial charge in [0.05, 0.1) is 24.4 Å². The van der Waals surface area contributed by atoms with Crippen LogP contribution in [-0.2, 0) is 9.47 Å². The summed E-state index contributed by atoms with van der Waals surface area (Å²) in [5.74, 6) is 1.08. The molecule has 2 saturated carbocycles. The predicted octanol–water partition coefficient (Wildman–Crippen LogP) is 6.08. The Bertz CT molecular complexity index is 1330. The molecule has 2 saturated heterocycles. The standard InChI is InChI=1S/C32H39N2O3/c1-30-10-8-26-19-25-4-5-27(34(35)14-16-36-17-15-34)20-31(25)11-12-32(26,37-31)29(30)7-6-28(30)23-3-2-22-9-13-33-21-24(22)18-23/h2-3,8-9,13,18-19,21,27-29,35H,4-7,10-12,14-17,20H2,1H3/q+1/t27-,28+,29+,30+,31+,32+/m0/s1. The quantitative estimate of drug-likeness (QED) is 0.509. The molecule has 4 heterocycles. The average Bonchev–Trinajstić information content (AvgIpc) is 3.43. The van der Waals surface area contributed by atoms with Crippen molar-refractivity contribution in [1.82, 2.24) is 4.98 Å². The van der Waals surface area contributed by atoms with Crippen molar-refractivity contribution in [2.75, 3.05) is 26.3 Å². The monoisotopic (exact) mass is 499 g/mol. The molecule has 2 bridgehead atoms. The van der Waals surface area contributed by atoms with E-state index in [1.54, 1.807) is 0 Å². The molecular formula is C32H39N2O3+. The number of hydrogen-bond acceptors (Lipinski definition) is 4. The Labute approximate surface area is 219 Å². The van der Waals surface area contributed by atoms with E-state index in [9.17, 15) is 5.21 Å². The van der Waals surface area contributed by atoms with Crippen LogP contribution >= 0.6 is 0 Å². The normalized spacial score (nSPS) is 41.9. The van der Waals surface area contributed by atoms with Crippen LogP contribution in [0.15, 0.2) is 60.0 Å². The Morgan fingerprint density at radius 2 is 1.95 bits per heavy atom. The van der Waals surface area contributed by atoms with Crippen LogP contribution in [0.4, 0.5) is 0 Å². The molecule has 5 heteroatoms. The smallest absolute Gasteiger partial charge is 0.132 e. The molecular weight excluding hydrogens is 460 g/mol. The number of aromatic nitrogens is 1. The average molecular weight is 500 g/mol. The molecule has 194 valence electrons. The van der Waals surface area contributed by atoms with Gasteiger partial charge in [0.25, 0.3) is 0 Å². The van der Waals surface area contributed by atoms with Gasteiger partial charge in [-0.1, -0.05) is 31.2 Å². The number of rotatable bonds is 2. The lowest BCUT2D eigenvalue weighted by Crippen LogP contribution is -2.63. The third kappa shape index (κ3) is 3.09. The van der Waals surface area contributed by atoms with Crippen molar-refractivity contribution in [3.63, 3.8) is 0 Å². The van der Waals surface area contributed by atoms with Gasteiger partial charge in [-0.05, 0) is 90.0 Å². The molecule has 1 aromatic heterocycles. The van der Waals surface area contributed by atoms with Crippen LogP contribution in [0.3, 0.4) is 0 Å². The largest absolute Gasteiger partial charge is 0.370 e. The van der Waals surface area contributed by atoms with Crippen LogP contribution < -0.4 is 0 Å². The molecule has 8 rings (SSSR count). The van der Waals surface area contributed by atoms with Gasteiger partial charge in [0, 0.05) is 30.6 Å². The highest BCUT2D eigenvalue weighted by Gasteiger charge is 2.67. The molecule has 3 aliphatic carbocycles. The van der Waals surface area contributed by atoms with Gasteiger partial charge >= 0.3 is 0 Å². The zero-order chi connectivity index (χ0) is 24.9. The van der Waals surface area contributed by atoms with Crippen molar-refractivity contribution in [3.8, 4) is 0 Å². The van der Waals surface area contributed by atoms with Crippen molar-refractivity contribution in [1.29, 1.82) is 0 Å². The maximum atomic E-state index is 11.5. The summed E-state index contributed by atoms with van der Waals surface area (Å²) in [6.07, 6.45) is 17.8. The highest BCUT2D eigenvalue weighted by atomic mass is 16.6. The van der Waals surface area contributed by atoms with Gasteiger partial charge in [-0.3, -0.25) is 4.98 Å². The Morgan fingerprint density at radius 3 is 2.84 bits per heavy atom. The van der Waals surface area contributed by atoms with Gasteiger partial charge in [-0.25, -0.2) is 5.21 Å². The Balaban J connectivity index is 1.14. The number of ether oxygens (including phenoxy) is 2. The number of nitrogens with zero attached hydrogens (tertiary/aromatic N) is 2. The van der Waals surface area contributed by atoms with E-state index in [-0.39, 0.29) is 27.3 Å². The third-order valence-electron chi connectivity index (χ3n) is 11.6. The van der Waals surface area contributed by atoms with E-state index < -0.39 is 0 Å². The molecule has 5 nitrogen and oxygen atoms in total. The van der Waals surface area contributed by atoms with Crippen LogP contribution in [0.5, 0.6) is 0 Å². The van der Waals surface area contributed by atoms with E-state index in [0.29, 0.717) is 38.1 Å². The van der Waals surface area contributed by atoms with E-state index in [0.717, 1.165) is 38.5 Å². The van der Waals surface area contributed by atoms with Crippen molar-refractivity contribution in [3.05, 3.63) is 65.5 Å². The lowest BCUT2D eigenvalue weighted by Gasteiger charge is -2.55. The van der Waals surface area contributed by atoms with Crippen molar-refractivity contribution in [2.45, 2.75) is 81.5 Å². The highest BCUT2D eigenvalue weighted by Crippen LogP contribution is 2.69. The Hall–Kier alpha value is -2.05. The Morgan fingerprint density at radius 1 is 1.05 bits per heavy atom. The third-order valence-corrected chi connectivity index (χ3v) is 11.6. The molecule has 2 aromatic rings. The fourth-order valence-electron chi connectivity index (χ4n) is 9.68. The van der Waals surface area contributed by atoms with Crippen LogP contribution in [0.2, 0.25) is 0 Å². The molecule has 0 radical (unpaired) electrons. The van der Waals surface area contributed by atoms with Gasteiger partial charge in [0.2, 0.25) is 0 Å². The zero-order valence-corrected chi connectivity index (χ0v) is 22.0. The van der Waals surface area contributed by atoms with E-state index in [1.165, 1.54) is 40.3 Å². The lowest BCUT2D eigenvalue weighted by atomic mass is 9.58. The minimum atomic E-state index is -0.183. The van der Waals surface area contributed by atoms with Gasteiger partial charge < -0.3 is 9.47 Å². The minimum Gasteiger partial charge on any atom is -0.370 e. The molecule has 3 aliphatic heterocycles. The van der Waals surface area contributed by atoms with Crippen LogP contribution in [-0.4, -0.2) is 58.4 Å². The van der Waals surface area contributed by atoms with Gasteiger partial charge in [-0.2, -0.15) is 4.65 Å². The van der Waals surface area contributed by atoms with E-state index in [1.807, 2.05) is 12.4 Å². The maximum absolute atomic E-state index is 11.5. The van der Waals surface area contributed by atoms with E-state index in [4.69, 9.17) is 9.47 Å². The topological polar surface area (TPSA) is 51.6 Å². The number of allylic oxidation sites excluding steroid dienone is 1. The van der Waals surface area contributed by atoms with Gasteiger partial charge in [0.1, 0.15) is 19.1 Å². The summed E-state index contributed by atoms with van der Waals surface area (Å²) in [7, 11) is 0. The van der Waals surface area contributed by atoms with Crippen molar-refractivity contribution >= 4 is 10.8 Å². The number of fused-ring (bicyclic) bond motifs is 2. The summed E-state index contributed by atoms with van der Waals surface area (Å²) in [5, 5.41) is 14.0. The maximum Gasteiger partial charge on any atom is 0.132 e. The number of hydrogen-bond donors (Lipinski definition) is 1. The molecule has 37 heavy (non-hydrogen) atoms. The molecule has 4 fully saturated rings. The van der Waals surface area contributed by atoms with Crippen LogP contribution in [0, 0.1) is 11.3 Å². The summed E-state index contributed by atoms with van der Waals surface area (Å²) in [6, 6.07) is 9.40. The molecule has 6 atom stereocenters. The molecule has 1 aromatic carbocycles. The number of hydroxylamine groups is 3. The zero-order valence-electron chi connectivity index (χ0n) is 22.0. The molecule has 1 N–H and O–H groups in total. The molecule has 0 unspecified atom stereocenters.